The van der Waals surface area contributed by atoms with Crippen molar-refractivity contribution in [2.24, 2.45) is 23.5 Å². The summed E-state index contributed by atoms with van der Waals surface area (Å²) in [5.74, 6) is 3.85. The highest BCUT2D eigenvalue weighted by atomic mass is 15.3. The SMILES string of the molecule is CCC(N)c1nncn1C12CC3CC(CC(C3)C1)C2. The van der Waals surface area contributed by atoms with Gasteiger partial charge in [0.25, 0.3) is 0 Å². The van der Waals surface area contributed by atoms with Gasteiger partial charge >= 0.3 is 0 Å². The van der Waals surface area contributed by atoms with Crippen molar-refractivity contribution in [3.8, 4) is 0 Å². The maximum absolute atomic E-state index is 6.23. The summed E-state index contributed by atoms with van der Waals surface area (Å²) < 4.78 is 2.38. The van der Waals surface area contributed by atoms with Crippen LogP contribution < -0.4 is 5.73 Å². The van der Waals surface area contributed by atoms with E-state index in [-0.39, 0.29) is 6.04 Å². The van der Waals surface area contributed by atoms with Crippen LogP contribution in [0.1, 0.15) is 63.7 Å². The molecule has 1 heterocycles. The van der Waals surface area contributed by atoms with E-state index in [1.165, 1.54) is 38.5 Å². The van der Waals surface area contributed by atoms with E-state index in [1.54, 1.807) is 0 Å². The largest absolute Gasteiger partial charge is 0.321 e. The van der Waals surface area contributed by atoms with Gasteiger partial charge in [-0.15, -0.1) is 10.2 Å². The lowest BCUT2D eigenvalue weighted by molar-refractivity contribution is -0.0450. The lowest BCUT2D eigenvalue weighted by atomic mass is 9.53. The molecule has 0 spiro atoms. The molecule has 4 nitrogen and oxygen atoms in total. The molecule has 104 valence electrons. The molecular weight excluding hydrogens is 236 g/mol. The van der Waals surface area contributed by atoms with E-state index in [4.69, 9.17) is 5.73 Å². The first-order valence-corrected chi connectivity index (χ1v) is 7.86. The van der Waals surface area contributed by atoms with Crippen molar-refractivity contribution in [3.63, 3.8) is 0 Å². The molecule has 19 heavy (non-hydrogen) atoms. The topological polar surface area (TPSA) is 56.7 Å². The van der Waals surface area contributed by atoms with Crippen LogP contribution >= 0.6 is 0 Å². The Kier molecular flexibility index (Phi) is 2.53. The first-order chi connectivity index (χ1) is 9.20. The predicted molar refractivity (Wildman–Crippen MR) is 73.4 cm³/mol. The average Bonchev–Trinajstić information content (AvgIpc) is 2.86. The zero-order valence-corrected chi connectivity index (χ0v) is 11.8. The van der Waals surface area contributed by atoms with E-state index in [1.807, 2.05) is 6.33 Å². The third-order valence-corrected chi connectivity index (χ3v) is 5.86. The van der Waals surface area contributed by atoms with Crippen molar-refractivity contribution in [2.45, 2.75) is 63.5 Å². The highest BCUT2D eigenvalue weighted by Crippen LogP contribution is 2.59. The van der Waals surface area contributed by atoms with Gasteiger partial charge in [-0.2, -0.15) is 0 Å². The number of hydrogen-bond donors (Lipinski definition) is 1. The van der Waals surface area contributed by atoms with E-state index in [0.717, 1.165) is 30.0 Å². The Morgan fingerprint density at radius 1 is 1.26 bits per heavy atom. The number of hydrogen-bond acceptors (Lipinski definition) is 3. The lowest BCUT2D eigenvalue weighted by Gasteiger charge is -2.57. The van der Waals surface area contributed by atoms with Crippen molar-refractivity contribution >= 4 is 0 Å². The Labute approximate surface area is 114 Å². The summed E-state index contributed by atoms with van der Waals surface area (Å²) in [6.45, 7) is 2.13. The van der Waals surface area contributed by atoms with Crippen molar-refractivity contribution in [1.82, 2.24) is 14.8 Å². The summed E-state index contributed by atoms with van der Waals surface area (Å²) in [6, 6.07) is 0.0375. The van der Waals surface area contributed by atoms with Gasteiger partial charge < -0.3 is 10.3 Å². The Hall–Kier alpha value is -0.900. The average molecular weight is 260 g/mol. The molecule has 0 saturated heterocycles. The molecule has 1 aromatic heterocycles. The molecule has 5 rings (SSSR count). The summed E-state index contributed by atoms with van der Waals surface area (Å²) in [5, 5.41) is 8.51. The number of nitrogens with two attached hydrogens (primary N) is 1. The van der Waals surface area contributed by atoms with Crippen LogP contribution in [0.3, 0.4) is 0 Å². The second-order valence-corrected chi connectivity index (χ2v) is 7.22. The minimum atomic E-state index is 0.0375. The number of nitrogens with zero attached hydrogens (tertiary/aromatic N) is 3. The summed E-state index contributed by atoms with van der Waals surface area (Å²) in [6.07, 6.45) is 11.3. The van der Waals surface area contributed by atoms with E-state index in [2.05, 4.69) is 21.7 Å². The summed E-state index contributed by atoms with van der Waals surface area (Å²) in [7, 11) is 0. The van der Waals surface area contributed by atoms with E-state index in [0.29, 0.717) is 5.54 Å². The Morgan fingerprint density at radius 2 is 1.84 bits per heavy atom. The van der Waals surface area contributed by atoms with Gasteiger partial charge in [0.15, 0.2) is 0 Å². The molecule has 4 aliphatic rings. The minimum Gasteiger partial charge on any atom is -0.321 e. The van der Waals surface area contributed by atoms with Crippen LogP contribution in [0.15, 0.2) is 6.33 Å². The molecule has 4 bridgehead atoms. The molecule has 0 amide bonds. The van der Waals surface area contributed by atoms with Gasteiger partial charge in [-0.05, 0) is 62.7 Å². The van der Waals surface area contributed by atoms with Gasteiger partial charge in [-0.25, -0.2) is 0 Å². The lowest BCUT2D eigenvalue weighted by Crippen LogP contribution is -2.52. The summed E-state index contributed by atoms with van der Waals surface area (Å²) >= 11 is 0. The van der Waals surface area contributed by atoms with Crippen LogP contribution in [0.4, 0.5) is 0 Å². The fraction of sp³-hybridized carbons (Fsp3) is 0.867. The van der Waals surface area contributed by atoms with Gasteiger partial charge in [0.2, 0.25) is 0 Å². The number of aromatic nitrogens is 3. The van der Waals surface area contributed by atoms with E-state index < -0.39 is 0 Å². The fourth-order valence-electron chi connectivity index (χ4n) is 5.40. The summed E-state index contributed by atoms with van der Waals surface area (Å²) in [4.78, 5) is 0. The zero-order chi connectivity index (χ0) is 13.0. The number of rotatable bonds is 3. The Morgan fingerprint density at radius 3 is 2.37 bits per heavy atom. The highest BCUT2D eigenvalue weighted by molar-refractivity contribution is 5.09. The highest BCUT2D eigenvalue weighted by Gasteiger charge is 2.52. The van der Waals surface area contributed by atoms with Crippen molar-refractivity contribution < 1.29 is 0 Å². The van der Waals surface area contributed by atoms with Crippen LogP contribution in [-0.2, 0) is 5.54 Å². The molecule has 2 N–H and O–H groups in total. The van der Waals surface area contributed by atoms with Crippen LogP contribution in [0.5, 0.6) is 0 Å². The molecule has 4 aliphatic carbocycles. The van der Waals surface area contributed by atoms with E-state index >= 15 is 0 Å². The standard InChI is InChI=1S/C15H24N4/c1-2-13(16)14-18-17-9-19(14)15-6-10-3-11(7-15)5-12(4-10)8-15/h9-13H,2-8,16H2,1H3. The molecule has 1 unspecified atom stereocenters. The molecule has 0 aromatic carbocycles. The van der Waals surface area contributed by atoms with Gasteiger partial charge in [0, 0.05) is 5.54 Å². The molecular formula is C15H24N4. The van der Waals surface area contributed by atoms with Crippen LogP contribution in [0, 0.1) is 17.8 Å². The molecule has 4 saturated carbocycles. The first kappa shape index (κ1) is 11.9. The van der Waals surface area contributed by atoms with Crippen LogP contribution in [0.25, 0.3) is 0 Å². The fourth-order valence-corrected chi connectivity index (χ4v) is 5.40. The van der Waals surface area contributed by atoms with Crippen molar-refractivity contribution in [2.75, 3.05) is 0 Å². The molecule has 0 radical (unpaired) electrons. The van der Waals surface area contributed by atoms with Gasteiger partial charge in [-0.3, -0.25) is 0 Å². The smallest absolute Gasteiger partial charge is 0.150 e. The Bertz CT molecular complexity index is 443. The van der Waals surface area contributed by atoms with Crippen LogP contribution in [-0.4, -0.2) is 14.8 Å². The molecule has 0 aliphatic heterocycles. The Balaban J connectivity index is 1.74. The maximum Gasteiger partial charge on any atom is 0.150 e. The van der Waals surface area contributed by atoms with Gasteiger partial charge in [0.1, 0.15) is 12.2 Å². The predicted octanol–water partition coefficient (Wildman–Crippen LogP) is 2.61. The monoisotopic (exact) mass is 260 g/mol. The molecule has 4 heteroatoms. The van der Waals surface area contributed by atoms with Crippen molar-refractivity contribution in [1.29, 1.82) is 0 Å². The molecule has 1 atom stereocenters. The van der Waals surface area contributed by atoms with Gasteiger partial charge in [-0.1, -0.05) is 6.92 Å². The quantitative estimate of drug-likeness (QED) is 0.909. The third kappa shape index (κ3) is 1.69. The minimum absolute atomic E-state index is 0.0375. The second kappa shape index (κ2) is 4.05. The zero-order valence-electron chi connectivity index (χ0n) is 11.8. The normalized spacial score (nSPS) is 41.7. The van der Waals surface area contributed by atoms with Crippen LogP contribution in [0.2, 0.25) is 0 Å². The summed E-state index contributed by atoms with van der Waals surface area (Å²) in [5.41, 5.74) is 6.54. The maximum atomic E-state index is 6.23. The van der Waals surface area contributed by atoms with Crippen molar-refractivity contribution in [3.05, 3.63) is 12.2 Å². The molecule has 1 aromatic rings. The molecule has 4 fully saturated rings. The first-order valence-electron chi connectivity index (χ1n) is 7.86. The third-order valence-electron chi connectivity index (χ3n) is 5.86. The van der Waals surface area contributed by atoms with E-state index in [9.17, 15) is 0 Å². The van der Waals surface area contributed by atoms with Gasteiger partial charge in [0.05, 0.1) is 6.04 Å². The second-order valence-electron chi connectivity index (χ2n) is 7.22.